The van der Waals surface area contributed by atoms with Crippen molar-refractivity contribution in [2.45, 2.75) is 39.2 Å². The van der Waals surface area contributed by atoms with Crippen molar-refractivity contribution in [2.75, 3.05) is 13.1 Å². The van der Waals surface area contributed by atoms with Crippen LogP contribution in [0.15, 0.2) is 69.6 Å². The lowest BCUT2D eigenvalue weighted by atomic mass is 9.96. The Kier molecular flexibility index (Phi) is 5.68. The Labute approximate surface area is 208 Å². The molecule has 3 heterocycles. The van der Waals surface area contributed by atoms with Gasteiger partial charge in [0.15, 0.2) is 11.5 Å². The number of piperidine rings is 1. The van der Waals surface area contributed by atoms with Crippen molar-refractivity contribution in [3.05, 3.63) is 89.1 Å². The highest BCUT2D eigenvalue weighted by molar-refractivity contribution is 6.01. The third-order valence-corrected chi connectivity index (χ3v) is 7.07. The number of oxazole rings is 1. The number of likely N-dealkylation sites (tertiary alicyclic amines) is 1. The third-order valence-electron chi connectivity index (χ3n) is 7.07. The van der Waals surface area contributed by atoms with Gasteiger partial charge in [-0.2, -0.15) is 0 Å². The largest absolute Gasteiger partial charge is 0.488 e. The topological polar surface area (TPSA) is 81.6 Å². The fraction of sp³-hybridized carbons (Fsp3) is 0.276. The highest BCUT2D eigenvalue weighted by Crippen LogP contribution is 2.33. The molecule has 5 aromatic rings. The number of ether oxygens (including phenoxy) is 1. The average molecular weight is 482 g/mol. The molecule has 1 saturated heterocycles. The lowest BCUT2D eigenvalue weighted by molar-refractivity contribution is 0.0702. The maximum absolute atomic E-state index is 13.7. The summed E-state index contributed by atoms with van der Waals surface area (Å²) >= 11 is 0. The molecular weight excluding hydrogens is 454 g/mol. The quantitative estimate of drug-likeness (QED) is 0.298. The van der Waals surface area contributed by atoms with Gasteiger partial charge in [-0.3, -0.25) is 4.79 Å². The smallest absolute Gasteiger partial charge is 0.257 e. The molecule has 36 heavy (non-hydrogen) atoms. The predicted octanol–water partition coefficient (Wildman–Crippen LogP) is 6.18. The van der Waals surface area contributed by atoms with Crippen LogP contribution in [0.4, 0.5) is 0 Å². The van der Waals surface area contributed by atoms with E-state index in [0.717, 1.165) is 57.6 Å². The summed E-state index contributed by atoms with van der Waals surface area (Å²) in [5.74, 6) is 2.23. The number of carbonyl (C=O) groups is 1. The summed E-state index contributed by atoms with van der Waals surface area (Å²) in [5, 5.41) is 6.04. The van der Waals surface area contributed by atoms with E-state index in [-0.39, 0.29) is 11.8 Å². The van der Waals surface area contributed by atoms with Gasteiger partial charge in [-0.1, -0.05) is 41.6 Å². The molecule has 3 aromatic carbocycles. The minimum absolute atomic E-state index is 0.0227. The van der Waals surface area contributed by atoms with Gasteiger partial charge in [0.25, 0.3) is 5.91 Å². The van der Waals surface area contributed by atoms with Crippen molar-refractivity contribution in [3.8, 4) is 5.75 Å². The standard InChI is InChI=1S/C29H27N3O4/c1-18-24(19(2)36-31-18)17-34-27-16-22-8-4-3-7-21(22)15-23(27)29(33)32-13-11-20(12-14-32)28-30-25-9-5-6-10-26(25)35-28/h3-10,15-16,20H,11-14,17H2,1-2H3. The van der Waals surface area contributed by atoms with E-state index in [2.05, 4.69) is 10.1 Å². The number of hydrogen-bond donors (Lipinski definition) is 0. The van der Waals surface area contributed by atoms with Crippen LogP contribution in [0.3, 0.4) is 0 Å². The molecular formula is C29H27N3O4. The number of fused-ring (bicyclic) bond motifs is 2. The van der Waals surface area contributed by atoms with E-state index in [0.29, 0.717) is 31.0 Å². The maximum atomic E-state index is 13.7. The van der Waals surface area contributed by atoms with E-state index in [1.165, 1.54) is 0 Å². The number of nitrogens with zero attached hydrogens (tertiary/aromatic N) is 3. The van der Waals surface area contributed by atoms with Gasteiger partial charge in [0.1, 0.15) is 23.6 Å². The van der Waals surface area contributed by atoms with E-state index in [1.807, 2.05) is 79.4 Å². The van der Waals surface area contributed by atoms with Crippen molar-refractivity contribution in [1.29, 1.82) is 0 Å². The molecule has 0 spiro atoms. The van der Waals surface area contributed by atoms with E-state index in [4.69, 9.17) is 13.7 Å². The monoisotopic (exact) mass is 481 g/mol. The first-order valence-corrected chi connectivity index (χ1v) is 12.3. The summed E-state index contributed by atoms with van der Waals surface area (Å²) in [6, 6.07) is 19.7. The number of amides is 1. The fourth-order valence-corrected chi connectivity index (χ4v) is 4.93. The van der Waals surface area contributed by atoms with E-state index < -0.39 is 0 Å². The zero-order valence-corrected chi connectivity index (χ0v) is 20.4. The lowest BCUT2D eigenvalue weighted by Gasteiger charge is -2.31. The summed E-state index contributed by atoms with van der Waals surface area (Å²) in [5.41, 5.74) is 3.95. The summed E-state index contributed by atoms with van der Waals surface area (Å²) in [6.45, 7) is 5.32. The molecule has 2 aromatic heterocycles. The number of aromatic nitrogens is 2. The van der Waals surface area contributed by atoms with Crippen LogP contribution in [0.25, 0.3) is 21.9 Å². The first-order chi connectivity index (χ1) is 17.6. The lowest BCUT2D eigenvalue weighted by Crippen LogP contribution is -2.38. The highest BCUT2D eigenvalue weighted by Gasteiger charge is 2.29. The molecule has 7 heteroatoms. The van der Waals surface area contributed by atoms with E-state index in [9.17, 15) is 4.79 Å². The second-order valence-electron chi connectivity index (χ2n) is 9.37. The molecule has 1 amide bonds. The Morgan fingerprint density at radius 3 is 2.47 bits per heavy atom. The fourth-order valence-electron chi connectivity index (χ4n) is 4.93. The molecule has 6 rings (SSSR count). The van der Waals surface area contributed by atoms with Crippen LogP contribution in [0.2, 0.25) is 0 Å². The van der Waals surface area contributed by atoms with Crippen LogP contribution in [-0.4, -0.2) is 34.0 Å². The highest BCUT2D eigenvalue weighted by atomic mass is 16.5. The number of carbonyl (C=O) groups excluding carboxylic acids is 1. The van der Waals surface area contributed by atoms with Gasteiger partial charge >= 0.3 is 0 Å². The normalized spacial score (nSPS) is 14.6. The SMILES string of the molecule is Cc1noc(C)c1COc1cc2ccccc2cc1C(=O)N1CCC(c2nc3ccccc3o2)CC1. The van der Waals surface area contributed by atoms with Crippen LogP contribution >= 0.6 is 0 Å². The van der Waals surface area contributed by atoms with Gasteiger partial charge in [0.05, 0.1) is 16.8 Å². The minimum atomic E-state index is -0.0227. The second-order valence-corrected chi connectivity index (χ2v) is 9.37. The van der Waals surface area contributed by atoms with Crippen molar-refractivity contribution in [3.63, 3.8) is 0 Å². The van der Waals surface area contributed by atoms with Gasteiger partial charge in [0, 0.05) is 19.0 Å². The van der Waals surface area contributed by atoms with Crippen LogP contribution < -0.4 is 4.74 Å². The van der Waals surface area contributed by atoms with Gasteiger partial charge in [0.2, 0.25) is 0 Å². The molecule has 1 aliphatic heterocycles. The number of aryl methyl sites for hydroxylation is 2. The second kappa shape index (κ2) is 9.15. The van der Waals surface area contributed by atoms with E-state index >= 15 is 0 Å². The third kappa shape index (κ3) is 4.11. The number of rotatable bonds is 5. The summed E-state index contributed by atoms with van der Waals surface area (Å²) < 4.78 is 17.5. The zero-order valence-electron chi connectivity index (χ0n) is 20.4. The molecule has 182 valence electrons. The van der Waals surface area contributed by atoms with Crippen molar-refractivity contribution in [1.82, 2.24) is 15.0 Å². The summed E-state index contributed by atoms with van der Waals surface area (Å²) in [6.07, 6.45) is 1.61. The number of para-hydroxylation sites is 2. The Morgan fingerprint density at radius 1 is 1.03 bits per heavy atom. The molecule has 7 nitrogen and oxygen atoms in total. The van der Waals surface area contributed by atoms with Gasteiger partial charge in [-0.15, -0.1) is 0 Å². The van der Waals surface area contributed by atoms with E-state index in [1.54, 1.807) is 0 Å². The van der Waals surface area contributed by atoms with Gasteiger partial charge in [-0.25, -0.2) is 4.98 Å². The van der Waals surface area contributed by atoms with Crippen molar-refractivity contribution >= 4 is 27.8 Å². The van der Waals surface area contributed by atoms with Crippen LogP contribution in [0.5, 0.6) is 5.75 Å². The predicted molar refractivity (Wildman–Crippen MR) is 136 cm³/mol. The Bertz CT molecular complexity index is 1510. The molecule has 0 saturated carbocycles. The molecule has 0 N–H and O–H groups in total. The van der Waals surface area contributed by atoms with Gasteiger partial charge < -0.3 is 18.6 Å². The van der Waals surface area contributed by atoms with Crippen LogP contribution in [0.1, 0.15) is 52.0 Å². The Morgan fingerprint density at radius 2 is 1.75 bits per heavy atom. The molecule has 0 aliphatic carbocycles. The Balaban J connectivity index is 1.23. The number of benzene rings is 3. The molecule has 1 fully saturated rings. The van der Waals surface area contributed by atoms with Crippen molar-refractivity contribution in [2.24, 2.45) is 0 Å². The van der Waals surface area contributed by atoms with Crippen molar-refractivity contribution < 1.29 is 18.5 Å². The number of hydrogen-bond acceptors (Lipinski definition) is 6. The molecule has 0 unspecified atom stereocenters. The minimum Gasteiger partial charge on any atom is -0.488 e. The first-order valence-electron chi connectivity index (χ1n) is 12.3. The maximum Gasteiger partial charge on any atom is 0.257 e. The first kappa shape index (κ1) is 22.3. The van der Waals surface area contributed by atoms with Gasteiger partial charge in [-0.05, 0) is 61.7 Å². The average Bonchev–Trinajstić information content (AvgIpc) is 3.49. The zero-order chi connectivity index (χ0) is 24.6. The van der Waals surface area contributed by atoms with Crippen LogP contribution in [0, 0.1) is 13.8 Å². The molecule has 0 atom stereocenters. The molecule has 0 radical (unpaired) electrons. The molecule has 1 aliphatic rings. The summed E-state index contributed by atoms with van der Waals surface area (Å²) in [7, 11) is 0. The molecule has 0 bridgehead atoms. The summed E-state index contributed by atoms with van der Waals surface area (Å²) in [4.78, 5) is 20.3. The van der Waals surface area contributed by atoms with Crippen LogP contribution in [-0.2, 0) is 6.61 Å². The Hall–Kier alpha value is -4.13.